The molecule has 32 heavy (non-hydrogen) atoms. The number of nitrogens with one attached hydrogen (secondary N) is 1. The summed E-state index contributed by atoms with van der Waals surface area (Å²) in [6, 6.07) is 16.3. The van der Waals surface area contributed by atoms with Gasteiger partial charge in [0.05, 0.1) is 29.7 Å². The molecule has 2 aromatic carbocycles. The molecule has 0 spiro atoms. The van der Waals surface area contributed by atoms with Crippen LogP contribution in [0, 0.1) is 11.3 Å². The van der Waals surface area contributed by atoms with Crippen molar-refractivity contribution in [2.45, 2.75) is 43.6 Å². The number of para-hydroxylation sites is 1. The Morgan fingerprint density at radius 1 is 1.12 bits per heavy atom. The lowest BCUT2D eigenvalue weighted by molar-refractivity contribution is -0.142. The molecule has 1 atom stereocenters. The van der Waals surface area contributed by atoms with Crippen LogP contribution in [0.1, 0.15) is 43.2 Å². The molecule has 1 saturated carbocycles. The second-order valence-electron chi connectivity index (χ2n) is 8.31. The largest absolute Gasteiger partial charge is 0.497 e. The van der Waals surface area contributed by atoms with Gasteiger partial charge < -0.3 is 15.0 Å². The van der Waals surface area contributed by atoms with Crippen molar-refractivity contribution in [3.8, 4) is 11.8 Å². The highest BCUT2D eigenvalue weighted by atomic mass is 32.2. The minimum Gasteiger partial charge on any atom is -0.497 e. The number of hydrogen-bond donors (Lipinski definition) is 1. The molecular formula is C25H27N3O3S. The molecule has 7 heteroatoms. The molecule has 2 aliphatic rings. The van der Waals surface area contributed by atoms with E-state index < -0.39 is 11.5 Å². The van der Waals surface area contributed by atoms with Crippen LogP contribution in [-0.4, -0.2) is 41.5 Å². The van der Waals surface area contributed by atoms with E-state index in [1.54, 1.807) is 48.0 Å². The van der Waals surface area contributed by atoms with Gasteiger partial charge in [0.1, 0.15) is 17.9 Å². The molecule has 6 nitrogen and oxygen atoms in total. The first-order valence-corrected chi connectivity index (χ1v) is 12.1. The lowest BCUT2D eigenvalue weighted by Crippen LogP contribution is -2.53. The number of anilines is 1. The number of nitriles is 1. The van der Waals surface area contributed by atoms with Gasteiger partial charge in [-0.15, -0.1) is 11.8 Å². The summed E-state index contributed by atoms with van der Waals surface area (Å²) >= 11 is 1.59. The van der Waals surface area contributed by atoms with Crippen molar-refractivity contribution in [3.05, 3.63) is 59.7 Å². The zero-order chi connectivity index (χ0) is 22.6. The SMILES string of the molecule is COc1ccc(C2(C(=O)N3CSCC3C(=O)Nc3ccccc3C#N)CCCCC2)cc1. The van der Waals surface area contributed by atoms with E-state index in [1.807, 2.05) is 24.3 Å². The highest BCUT2D eigenvalue weighted by molar-refractivity contribution is 7.99. The van der Waals surface area contributed by atoms with Crippen molar-refractivity contribution in [2.24, 2.45) is 0 Å². The van der Waals surface area contributed by atoms with E-state index in [1.165, 1.54) is 0 Å². The maximum atomic E-state index is 14.0. The van der Waals surface area contributed by atoms with Crippen LogP contribution < -0.4 is 10.1 Å². The number of thioether (sulfide) groups is 1. The van der Waals surface area contributed by atoms with Crippen LogP contribution >= 0.6 is 11.8 Å². The van der Waals surface area contributed by atoms with Crippen molar-refractivity contribution >= 4 is 29.3 Å². The molecule has 1 N–H and O–H groups in total. The first-order valence-electron chi connectivity index (χ1n) is 10.9. The number of hydrogen-bond acceptors (Lipinski definition) is 5. The van der Waals surface area contributed by atoms with Gasteiger partial charge in [-0.05, 0) is 42.7 Å². The first kappa shape index (κ1) is 22.2. The number of benzene rings is 2. The van der Waals surface area contributed by atoms with Crippen LogP contribution in [0.3, 0.4) is 0 Å². The van der Waals surface area contributed by atoms with Gasteiger partial charge in [0.25, 0.3) is 0 Å². The fourth-order valence-corrected chi connectivity index (χ4v) is 5.89. The summed E-state index contributed by atoms with van der Waals surface area (Å²) in [6.07, 6.45) is 4.67. The molecular weight excluding hydrogens is 422 g/mol. The fourth-order valence-electron chi connectivity index (χ4n) is 4.73. The average Bonchev–Trinajstić information content (AvgIpc) is 3.34. The number of ether oxygens (including phenoxy) is 1. The minimum atomic E-state index is -0.613. The predicted octanol–water partition coefficient (Wildman–Crippen LogP) is 4.31. The summed E-state index contributed by atoms with van der Waals surface area (Å²) in [5, 5.41) is 12.2. The van der Waals surface area contributed by atoms with Crippen molar-refractivity contribution < 1.29 is 14.3 Å². The summed E-state index contributed by atoms with van der Waals surface area (Å²) in [5.74, 6) is 1.59. The van der Waals surface area contributed by atoms with Gasteiger partial charge in [-0.1, -0.05) is 43.5 Å². The minimum absolute atomic E-state index is 0.0288. The van der Waals surface area contributed by atoms with Gasteiger partial charge in [-0.2, -0.15) is 5.26 Å². The maximum Gasteiger partial charge on any atom is 0.248 e. The van der Waals surface area contributed by atoms with Crippen LogP contribution in [0.2, 0.25) is 0 Å². The van der Waals surface area contributed by atoms with Crippen molar-refractivity contribution in [3.63, 3.8) is 0 Å². The van der Waals surface area contributed by atoms with E-state index in [-0.39, 0.29) is 11.8 Å². The second-order valence-corrected chi connectivity index (χ2v) is 9.31. The smallest absolute Gasteiger partial charge is 0.248 e. The Labute approximate surface area is 192 Å². The van der Waals surface area contributed by atoms with Crippen molar-refractivity contribution in [2.75, 3.05) is 24.1 Å². The topological polar surface area (TPSA) is 82.4 Å². The maximum absolute atomic E-state index is 14.0. The lowest BCUT2D eigenvalue weighted by atomic mass is 9.68. The summed E-state index contributed by atoms with van der Waals surface area (Å²) in [7, 11) is 1.63. The molecule has 0 bridgehead atoms. The van der Waals surface area contributed by atoms with E-state index >= 15 is 0 Å². The van der Waals surface area contributed by atoms with Gasteiger partial charge in [-0.25, -0.2) is 0 Å². The number of carbonyl (C=O) groups is 2. The molecule has 2 amide bonds. The van der Waals surface area contributed by atoms with Crippen LogP contribution in [0.5, 0.6) is 5.75 Å². The summed E-state index contributed by atoms with van der Waals surface area (Å²) in [6.45, 7) is 0. The Morgan fingerprint density at radius 3 is 2.53 bits per heavy atom. The Hall–Kier alpha value is -2.98. The Bertz CT molecular complexity index is 1030. The van der Waals surface area contributed by atoms with E-state index in [2.05, 4.69) is 11.4 Å². The van der Waals surface area contributed by atoms with Gasteiger partial charge in [0.15, 0.2) is 0 Å². The van der Waals surface area contributed by atoms with E-state index in [0.29, 0.717) is 22.9 Å². The van der Waals surface area contributed by atoms with E-state index in [4.69, 9.17) is 4.74 Å². The third-order valence-electron chi connectivity index (χ3n) is 6.51. The quantitative estimate of drug-likeness (QED) is 0.736. The zero-order valence-electron chi connectivity index (χ0n) is 18.2. The standard InChI is InChI=1S/C25H27N3O3S/c1-31-20-11-9-19(10-12-20)25(13-5-2-6-14-25)24(30)28-17-32-16-22(28)23(29)27-21-8-4-3-7-18(21)15-26/h3-4,7-12,22H,2,5-6,13-14,16-17H2,1H3,(H,27,29). The Kier molecular flexibility index (Phi) is 6.71. The zero-order valence-corrected chi connectivity index (χ0v) is 19.0. The normalized spacial score (nSPS) is 19.8. The third kappa shape index (κ3) is 4.20. The molecule has 2 aromatic rings. The molecule has 1 aliphatic heterocycles. The van der Waals surface area contributed by atoms with Crippen LogP contribution in [0.4, 0.5) is 5.69 Å². The predicted molar refractivity (Wildman–Crippen MR) is 126 cm³/mol. The van der Waals surface area contributed by atoms with E-state index in [0.717, 1.165) is 43.4 Å². The molecule has 0 radical (unpaired) electrons. The lowest BCUT2D eigenvalue weighted by Gasteiger charge is -2.40. The average molecular weight is 450 g/mol. The number of methoxy groups -OCH3 is 1. The Balaban J connectivity index is 1.60. The van der Waals surface area contributed by atoms with Gasteiger partial charge >= 0.3 is 0 Å². The third-order valence-corrected chi connectivity index (χ3v) is 7.52. The van der Waals surface area contributed by atoms with E-state index in [9.17, 15) is 14.9 Å². The molecule has 4 rings (SSSR count). The molecule has 1 heterocycles. The van der Waals surface area contributed by atoms with Crippen LogP contribution in [-0.2, 0) is 15.0 Å². The molecule has 1 saturated heterocycles. The van der Waals surface area contributed by atoms with Gasteiger partial charge in [-0.3, -0.25) is 9.59 Å². The summed E-state index contributed by atoms with van der Waals surface area (Å²) in [5.41, 5.74) is 1.27. The summed E-state index contributed by atoms with van der Waals surface area (Å²) < 4.78 is 5.30. The molecule has 166 valence electrons. The highest BCUT2D eigenvalue weighted by Crippen LogP contribution is 2.43. The Morgan fingerprint density at radius 2 is 1.84 bits per heavy atom. The number of rotatable bonds is 5. The second kappa shape index (κ2) is 9.66. The van der Waals surface area contributed by atoms with Crippen LogP contribution in [0.25, 0.3) is 0 Å². The first-order chi connectivity index (χ1) is 15.6. The molecule has 1 aliphatic carbocycles. The molecule has 1 unspecified atom stereocenters. The van der Waals surface area contributed by atoms with Crippen molar-refractivity contribution in [1.29, 1.82) is 5.26 Å². The number of nitrogens with zero attached hydrogens (tertiary/aromatic N) is 2. The monoisotopic (exact) mass is 449 g/mol. The number of amides is 2. The van der Waals surface area contributed by atoms with Gasteiger partial charge in [0, 0.05) is 5.75 Å². The van der Waals surface area contributed by atoms with Crippen molar-refractivity contribution in [1.82, 2.24) is 4.90 Å². The molecule has 0 aromatic heterocycles. The van der Waals surface area contributed by atoms with Gasteiger partial charge in [0.2, 0.25) is 11.8 Å². The fraction of sp³-hybridized carbons (Fsp3) is 0.400. The highest BCUT2D eigenvalue weighted by Gasteiger charge is 2.47. The van der Waals surface area contributed by atoms with Crippen LogP contribution in [0.15, 0.2) is 48.5 Å². The molecule has 2 fully saturated rings. The summed E-state index contributed by atoms with van der Waals surface area (Å²) in [4.78, 5) is 28.9. The number of carbonyl (C=O) groups excluding carboxylic acids is 2.